The number of hydrogen-bond acceptors (Lipinski definition) is 5. The fourth-order valence-electron chi connectivity index (χ4n) is 2.00. The molecule has 0 saturated carbocycles. The van der Waals surface area contributed by atoms with E-state index in [9.17, 15) is 13.2 Å². The number of aromatic nitrogens is 2. The Kier molecular flexibility index (Phi) is 5.26. The number of H-pyrrole nitrogens is 1. The third-order valence-corrected chi connectivity index (χ3v) is 4.91. The molecule has 2 N–H and O–H groups in total. The van der Waals surface area contributed by atoms with E-state index in [0.717, 1.165) is 0 Å². The summed E-state index contributed by atoms with van der Waals surface area (Å²) in [7, 11) is -2.53. The molecular weight excluding hydrogens is 286 g/mol. The first-order chi connectivity index (χ1) is 9.27. The monoisotopic (exact) mass is 305 g/mol. The van der Waals surface area contributed by atoms with Crippen LogP contribution in [-0.4, -0.2) is 60.3 Å². The van der Waals surface area contributed by atoms with Crippen molar-refractivity contribution in [2.75, 3.05) is 20.3 Å². The average Bonchev–Trinajstić information content (AvgIpc) is 2.72. The van der Waals surface area contributed by atoms with Gasteiger partial charge in [0, 0.05) is 25.4 Å². The third-order valence-electron chi connectivity index (χ3n) is 2.89. The number of carbonyl (C=O) groups is 1. The number of methoxy groups -OCH3 is 1. The SMILES string of the molecule is CCN(C(C)COC)S(=O)(=O)c1n[nH]c(C)c1C(=O)O. The van der Waals surface area contributed by atoms with Gasteiger partial charge in [-0.1, -0.05) is 6.92 Å². The maximum absolute atomic E-state index is 12.5. The summed E-state index contributed by atoms with van der Waals surface area (Å²) >= 11 is 0. The first-order valence-electron chi connectivity index (χ1n) is 6.06. The summed E-state index contributed by atoms with van der Waals surface area (Å²) in [6, 6.07) is -0.423. The zero-order valence-electron chi connectivity index (χ0n) is 11.9. The number of carboxylic acid groups (broad SMARTS) is 1. The van der Waals surface area contributed by atoms with Crippen molar-refractivity contribution in [3.05, 3.63) is 11.3 Å². The van der Waals surface area contributed by atoms with Gasteiger partial charge in [-0.25, -0.2) is 13.2 Å². The predicted octanol–water partition coefficient (Wildman–Crippen LogP) is 0.462. The van der Waals surface area contributed by atoms with E-state index in [-0.39, 0.29) is 24.4 Å². The molecule has 9 heteroatoms. The van der Waals surface area contributed by atoms with Crippen molar-refractivity contribution >= 4 is 16.0 Å². The zero-order valence-corrected chi connectivity index (χ0v) is 12.7. The molecule has 0 aromatic carbocycles. The Morgan fingerprint density at radius 3 is 2.60 bits per heavy atom. The fraction of sp³-hybridized carbons (Fsp3) is 0.636. The van der Waals surface area contributed by atoms with Crippen LogP contribution >= 0.6 is 0 Å². The van der Waals surface area contributed by atoms with Crippen LogP contribution in [0.4, 0.5) is 0 Å². The van der Waals surface area contributed by atoms with E-state index in [4.69, 9.17) is 9.84 Å². The van der Waals surface area contributed by atoms with Gasteiger partial charge in [-0.2, -0.15) is 9.40 Å². The molecule has 0 saturated heterocycles. The summed E-state index contributed by atoms with van der Waals surface area (Å²) in [4.78, 5) is 11.2. The van der Waals surface area contributed by atoms with Crippen LogP contribution in [-0.2, 0) is 14.8 Å². The van der Waals surface area contributed by atoms with E-state index < -0.39 is 27.1 Å². The quantitative estimate of drug-likeness (QED) is 0.757. The molecule has 8 nitrogen and oxygen atoms in total. The van der Waals surface area contributed by atoms with Crippen LogP contribution in [0.2, 0.25) is 0 Å². The molecule has 20 heavy (non-hydrogen) atoms. The van der Waals surface area contributed by atoms with Crippen molar-refractivity contribution in [2.45, 2.75) is 31.8 Å². The molecule has 1 rings (SSSR count). The van der Waals surface area contributed by atoms with Crippen LogP contribution in [0, 0.1) is 6.92 Å². The van der Waals surface area contributed by atoms with E-state index in [0.29, 0.717) is 0 Å². The largest absolute Gasteiger partial charge is 0.478 e. The van der Waals surface area contributed by atoms with Gasteiger partial charge in [-0.15, -0.1) is 0 Å². The highest BCUT2D eigenvalue weighted by Crippen LogP contribution is 2.22. The normalized spacial score (nSPS) is 13.7. The molecule has 1 heterocycles. The molecule has 0 radical (unpaired) electrons. The van der Waals surface area contributed by atoms with Gasteiger partial charge in [0.2, 0.25) is 5.03 Å². The summed E-state index contributed by atoms with van der Waals surface area (Å²) in [5.74, 6) is -1.33. The lowest BCUT2D eigenvalue weighted by Gasteiger charge is -2.25. The standard InChI is InChI=1S/C11H19N3O5S/c1-5-14(7(2)6-19-4)20(17,18)10-9(11(15)16)8(3)12-13-10/h7H,5-6H2,1-4H3,(H,12,13)(H,15,16). The first kappa shape index (κ1) is 16.6. The molecule has 0 fully saturated rings. The number of nitrogens with zero attached hydrogens (tertiary/aromatic N) is 2. The summed E-state index contributed by atoms with van der Waals surface area (Å²) in [5, 5.41) is 14.7. The summed E-state index contributed by atoms with van der Waals surface area (Å²) in [6.07, 6.45) is 0. The van der Waals surface area contributed by atoms with Crippen molar-refractivity contribution in [2.24, 2.45) is 0 Å². The number of rotatable bonds is 7. The van der Waals surface area contributed by atoms with E-state index in [1.165, 1.54) is 18.3 Å². The van der Waals surface area contributed by atoms with E-state index in [2.05, 4.69) is 10.2 Å². The maximum atomic E-state index is 12.5. The lowest BCUT2D eigenvalue weighted by Crippen LogP contribution is -2.41. The number of likely N-dealkylation sites (N-methyl/N-ethyl adjacent to an activating group) is 1. The lowest BCUT2D eigenvalue weighted by atomic mass is 10.3. The second-order valence-corrected chi connectivity index (χ2v) is 6.15. The van der Waals surface area contributed by atoms with Crippen LogP contribution in [0.5, 0.6) is 0 Å². The van der Waals surface area contributed by atoms with Gasteiger partial charge >= 0.3 is 5.97 Å². The molecule has 0 aliphatic carbocycles. The molecule has 114 valence electrons. The number of nitrogens with one attached hydrogen (secondary N) is 1. The van der Waals surface area contributed by atoms with Crippen LogP contribution < -0.4 is 0 Å². The summed E-state index contributed by atoms with van der Waals surface area (Å²) in [6.45, 7) is 5.22. The average molecular weight is 305 g/mol. The second kappa shape index (κ2) is 6.33. The van der Waals surface area contributed by atoms with Crippen LogP contribution in [0.3, 0.4) is 0 Å². The highest BCUT2D eigenvalue weighted by atomic mass is 32.2. The lowest BCUT2D eigenvalue weighted by molar-refractivity contribution is 0.0691. The summed E-state index contributed by atoms with van der Waals surface area (Å²) in [5.41, 5.74) is -0.125. The Hall–Kier alpha value is -1.45. The van der Waals surface area contributed by atoms with Gasteiger partial charge in [0.1, 0.15) is 5.56 Å². The molecular formula is C11H19N3O5S. The Balaban J connectivity index is 3.32. The molecule has 0 amide bonds. The minimum Gasteiger partial charge on any atom is -0.478 e. The van der Waals surface area contributed by atoms with Gasteiger partial charge in [0.25, 0.3) is 10.0 Å². The Labute approximate surface area is 117 Å². The zero-order chi connectivity index (χ0) is 15.5. The van der Waals surface area contributed by atoms with E-state index >= 15 is 0 Å². The molecule has 1 unspecified atom stereocenters. The first-order valence-corrected chi connectivity index (χ1v) is 7.50. The Morgan fingerprint density at radius 1 is 1.55 bits per heavy atom. The van der Waals surface area contributed by atoms with Crippen LogP contribution in [0.1, 0.15) is 29.9 Å². The molecule has 0 aliphatic rings. The minimum absolute atomic E-state index is 0.192. The van der Waals surface area contributed by atoms with Crippen molar-refractivity contribution in [1.29, 1.82) is 0 Å². The fourth-order valence-corrected chi connectivity index (χ4v) is 3.76. The van der Waals surface area contributed by atoms with E-state index in [1.807, 2.05) is 0 Å². The van der Waals surface area contributed by atoms with Crippen molar-refractivity contribution < 1.29 is 23.1 Å². The molecule has 0 bridgehead atoms. The number of aryl methyl sites for hydroxylation is 1. The number of aromatic amines is 1. The van der Waals surface area contributed by atoms with Gasteiger partial charge in [-0.3, -0.25) is 5.10 Å². The molecule has 1 atom stereocenters. The number of sulfonamides is 1. The molecule has 0 aliphatic heterocycles. The van der Waals surface area contributed by atoms with E-state index in [1.54, 1.807) is 13.8 Å². The summed E-state index contributed by atoms with van der Waals surface area (Å²) < 4.78 is 31.2. The van der Waals surface area contributed by atoms with Gasteiger partial charge < -0.3 is 9.84 Å². The topological polar surface area (TPSA) is 113 Å². The van der Waals surface area contributed by atoms with Gasteiger partial charge in [0.15, 0.2) is 0 Å². The number of ether oxygens (including phenoxy) is 1. The third kappa shape index (κ3) is 3.00. The highest BCUT2D eigenvalue weighted by Gasteiger charge is 2.34. The molecule has 1 aromatic rings. The number of aromatic carboxylic acids is 1. The number of hydrogen-bond donors (Lipinski definition) is 2. The van der Waals surface area contributed by atoms with Crippen molar-refractivity contribution in [1.82, 2.24) is 14.5 Å². The number of carboxylic acids is 1. The van der Waals surface area contributed by atoms with Crippen LogP contribution in [0.25, 0.3) is 0 Å². The molecule has 1 aromatic heterocycles. The van der Waals surface area contributed by atoms with Crippen molar-refractivity contribution in [3.8, 4) is 0 Å². The molecule has 0 spiro atoms. The second-order valence-electron chi connectivity index (χ2n) is 4.35. The minimum atomic E-state index is -4.00. The van der Waals surface area contributed by atoms with Crippen molar-refractivity contribution in [3.63, 3.8) is 0 Å². The smallest absolute Gasteiger partial charge is 0.340 e. The van der Waals surface area contributed by atoms with Crippen LogP contribution in [0.15, 0.2) is 5.03 Å². The Morgan fingerprint density at radius 2 is 2.15 bits per heavy atom. The van der Waals surface area contributed by atoms with Gasteiger partial charge in [0.05, 0.1) is 6.61 Å². The maximum Gasteiger partial charge on any atom is 0.340 e. The Bertz CT molecular complexity index is 581. The van der Waals surface area contributed by atoms with Gasteiger partial charge in [-0.05, 0) is 13.8 Å². The highest BCUT2D eigenvalue weighted by molar-refractivity contribution is 7.89. The predicted molar refractivity (Wildman–Crippen MR) is 71.2 cm³/mol.